The molecule has 2 aliphatic rings. The fourth-order valence-corrected chi connectivity index (χ4v) is 6.49. The van der Waals surface area contributed by atoms with Crippen LogP contribution in [0, 0.1) is 18.8 Å². The van der Waals surface area contributed by atoms with Gasteiger partial charge in [0.1, 0.15) is 0 Å². The Labute approximate surface area is 187 Å². The number of benzene rings is 1. The van der Waals surface area contributed by atoms with Crippen LogP contribution < -0.4 is 5.32 Å². The van der Waals surface area contributed by atoms with E-state index in [0.717, 1.165) is 11.3 Å². The molecule has 9 heteroatoms. The zero-order chi connectivity index (χ0) is 22.5. The summed E-state index contributed by atoms with van der Waals surface area (Å²) in [6, 6.07) is 13.2. The first-order valence-corrected chi connectivity index (χ1v) is 12.0. The highest BCUT2D eigenvalue weighted by molar-refractivity contribution is 7.89. The number of pyridine rings is 1. The van der Waals surface area contributed by atoms with Gasteiger partial charge in [0, 0.05) is 55.7 Å². The second-order valence-corrected chi connectivity index (χ2v) is 10.6. The van der Waals surface area contributed by atoms with Crippen LogP contribution in [0.1, 0.15) is 21.6 Å². The number of hydrogen-bond donors (Lipinski definition) is 1. The van der Waals surface area contributed by atoms with E-state index in [-0.39, 0.29) is 28.2 Å². The Morgan fingerprint density at radius 2 is 1.94 bits per heavy atom. The number of carbonyl (C=O) groups excluding carboxylic acids is 1. The lowest BCUT2D eigenvalue weighted by Crippen LogP contribution is -2.41. The van der Waals surface area contributed by atoms with Crippen molar-refractivity contribution in [3.05, 3.63) is 78.0 Å². The van der Waals surface area contributed by atoms with Gasteiger partial charge in [-0.05, 0) is 43.0 Å². The molecule has 1 aliphatic heterocycles. The van der Waals surface area contributed by atoms with Gasteiger partial charge in [-0.2, -0.15) is 4.31 Å². The van der Waals surface area contributed by atoms with E-state index >= 15 is 0 Å². The van der Waals surface area contributed by atoms with E-state index in [1.807, 2.05) is 43.3 Å². The van der Waals surface area contributed by atoms with E-state index in [1.54, 1.807) is 23.9 Å². The Morgan fingerprint density at radius 1 is 1.16 bits per heavy atom. The third kappa shape index (κ3) is 3.32. The SMILES string of the molecule is Cc1cccc(C(=O)NCC2(c3ccccn3)C3CN(S(=O)(=O)c4cn(C)cn4)CC32)c1. The van der Waals surface area contributed by atoms with Crippen molar-refractivity contribution in [3.8, 4) is 0 Å². The Balaban J connectivity index is 1.36. The lowest BCUT2D eigenvalue weighted by atomic mass is 9.94. The molecule has 1 aromatic carbocycles. The predicted molar refractivity (Wildman–Crippen MR) is 118 cm³/mol. The predicted octanol–water partition coefficient (Wildman–Crippen LogP) is 1.74. The van der Waals surface area contributed by atoms with Crippen LogP contribution in [0.5, 0.6) is 0 Å². The van der Waals surface area contributed by atoms with Crippen molar-refractivity contribution in [3.63, 3.8) is 0 Å². The van der Waals surface area contributed by atoms with Crippen molar-refractivity contribution in [1.29, 1.82) is 0 Å². The molecular weight excluding hydrogens is 426 g/mol. The maximum atomic E-state index is 13.0. The molecule has 0 spiro atoms. The van der Waals surface area contributed by atoms with Crippen molar-refractivity contribution in [2.75, 3.05) is 19.6 Å². The average Bonchev–Trinajstić information content (AvgIpc) is 3.13. The number of imidazole rings is 1. The number of sulfonamides is 1. The van der Waals surface area contributed by atoms with Gasteiger partial charge >= 0.3 is 0 Å². The van der Waals surface area contributed by atoms with E-state index in [1.165, 1.54) is 16.8 Å². The fourth-order valence-electron chi connectivity index (χ4n) is 5.03. The van der Waals surface area contributed by atoms with Gasteiger partial charge in [-0.15, -0.1) is 0 Å². The normalized spacial score (nSPS) is 24.8. The second-order valence-electron chi connectivity index (χ2n) is 8.72. The summed E-state index contributed by atoms with van der Waals surface area (Å²) in [7, 11) is -1.89. The molecular formula is C23H25N5O3S. The maximum absolute atomic E-state index is 13.0. The van der Waals surface area contributed by atoms with Gasteiger partial charge in [0.25, 0.3) is 15.9 Å². The molecule has 2 aromatic heterocycles. The van der Waals surface area contributed by atoms with Crippen molar-refractivity contribution in [2.45, 2.75) is 17.4 Å². The number of aryl methyl sites for hydroxylation is 2. The van der Waals surface area contributed by atoms with Crippen LogP contribution in [0.4, 0.5) is 0 Å². The highest BCUT2D eigenvalue weighted by Crippen LogP contribution is 2.63. The summed E-state index contributed by atoms with van der Waals surface area (Å²) in [5.74, 6) is 0.0503. The minimum Gasteiger partial charge on any atom is -0.351 e. The first-order valence-electron chi connectivity index (χ1n) is 10.6. The molecule has 1 amide bonds. The number of amides is 1. The third-order valence-corrected chi connectivity index (χ3v) is 8.47. The van der Waals surface area contributed by atoms with Gasteiger partial charge in [-0.25, -0.2) is 13.4 Å². The molecule has 1 saturated carbocycles. The minimum atomic E-state index is -3.64. The number of piperidine rings is 1. The zero-order valence-corrected chi connectivity index (χ0v) is 18.8. The van der Waals surface area contributed by atoms with Crippen LogP contribution >= 0.6 is 0 Å². The molecule has 1 aliphatic carbocycles. The summed E-state index contributed by atoms with van der Waals surface area (Å²) in [5.41, 5.74) is 2.17. The van der Waals surface area contributed by atoms with Crippen molar-refractivity contribution < 1.29 is 13.2 Å². The highest BCUT2D eigenvalue weighted by atomic mass is 32.2. The van der Waals surface area contributed by atoms with Crippen LogP contribution in [-0.4, -0.2) is 52.8 Å². The lowest BCUT2D eigenvalue weighted by Gasteiger charge is -2.26. The molecule has 2 atom stereocenters. The molecule has 2 fully saturated rings. The van der Waals surface area contributed by atoms with Gasteiger partial charge in [-0.3, -0.25) is 9.78 Å². The monoisotopic (exact) mass is 451 g/mol. The van der Waals surface area contributed by atoms with Crippen LogP contribution in [-0.2, 0) is 22.5 Å². The van der Waals surface area contributed by atoms with E-state index in [2.05, 4.69) is 15.3 Å². The Bertz CT molecular complexity index is 1260. The van der Waals surface area contributed by atoms with Crippen LogP contribution in [0.3, 0.4) is 0 Å². The number of nitrogens with zero attached hydrogens (tertiary/aromatic N) is 4. The van der Waals surface area contributed by atoms with Crippen LogP contribution in [0.15, 0.2) is 66.2 Å². The van der Waals surface area contributed by atoms with E-state index in [9.17, 15) is 13.2 Å². The molecule has 32 heavy (non-hydrogen) atoms. The molecule has 8 nitrogen and oxygen atoms in total. The fraction of sp³-hybridized carbons (Fsp3) is 0.348. The molecule has 0 radical (unpaired) electrons. The molecule has 1 N–H and O–H groups in total. The summed E-state index contributed by atoms with van der Waals surface area (Å²) in [6.07, 6.45) is 4.76. The average molecular weight is 452 g/mol. The highest BCUT2D eigenvalue weighted by Gasteiger charge is 2.70. The quantitative estimate of drug-likeness (QED) is 0.616. The molecule has 3 aromatic rings. The van der Waals surface area contributed by atoms with Crippen LogP contribution in [0.25, 0.3) is 0 Å². The smallest absolute Gasteiger partial charge is 0.262 e. The Morgan fingerprint density at radius 3 is 2.56 bits per heavy atom. The summed E-state index contributed by atoms with van der Waals surface area (Å²) in [4.78, 5) is 21.4. The molecule has 2 unspecified atom stereocenters. The molecule has 166 valence electrons. The molecule has 0 bridgehead atoms. The zero-order valence-electron chi connectivity index (χ0n) is 18.0. The summed E-state index contributed by atoms with van der Waals surface area (Å²) >= 11 is 0. The van der Waals surface area contributed by atoms with E-state index in [0.29, 0.717) is 25.2 Å². The number of rotatable bonds is 6. The number of carbonyl (C=O) groups is 1. The second kappa shape index (κ2) is 7.53. The van der Waals surface area contributed by atoms with E-state index < -0.39 is 10.0 Å². The van der Waals surface area contributed by atoms with Gasteiger partial charge < -0.3 is 9.88 Å². The first kappa shape index (κ1) is 20.8. The molecule has 1 saturated heterocycles. The number of nitrogens with one attached hydrogen (secondary N) is 1. The van der Waals surface area contributed by atoms with Gasteiger partial charge in [0.15, 0.2) is 5.03 Å². The Kier molecular flexibility index (Phi) is 4.90. The van der Waals surface area contributed by atoms with Gasteiger partial charge in [0.05, 0.1) is 6.33 Å². The van der Waals surface area contributed by atoms with Gasteiger partial charge in [-0.1, -0.05) is 23.8 Å². The lowest BCUT2D eigenvalue weighted by molar-refractivity contribution is 0.0946. The molecule has 3 heterocycles. The standard InChI is InChI=1S/C23H25N5O3S/c1-16-6-5-7-17(10-16)22(29)25-14-23(20-8-3-4-9-24-20)18-11-28(12-19(18)23)32(30,31)21-13-27(2)15-26-21/h3-10,13,15,18-19H,11-12,14H2,1-2H3,(H,25,29). The minimum absolute atomic E-state index is 0.0671. The van der Waals surface area contributed by atoms with E-state index in [4.69, 9.17) is 0 Å². The van der Waals surface area contributed by atoms with Crippen molar-refractivity contribution >= 4 is 15.9 Å². The first-order chi connectivity index (χ1) is 15.3. The summed E-state index contributed by atoms with van der Waals surface area (Å²) in [6.45, 7) is 3.15. The summed E-state index contributed by atoms with van der Waals surface area (Å²) < 4.78 is 29.2. The third-order valence-electron chi connectivity index (χ3n) is 6.75. The number of aromatic nitrogens is 3. The summed E-state index contributed by atoms with van der Waals surface area (Å²) in [5, 5.41) is 3.15. The number of hydrogen-bond acceptors (Lipinski definition) is 5. The van der Waals surface area contributed by atoms with Gasteiger partial charge in [0.2, 0.25) is 0 Å². The van der Waals surface area contributed by atoms with Crippen molar-refractivity contribution in [2.24, 2.45) is 18.9 Å². The maximum Gasteiger partial charge on any atom is 0.262 e. The van der Waals surface area contributed by atoms with Crippen LogP contribution in [0.2, 0.25) is 0 Å². The largest absolute Gasteiger partial charge is 0.351 e. The van der Waals surface area contributed by atoms with Crippen molar-refractivity contribution in [1.82, 2.24) is 24.2 Å². The molecule has 5 rings (SSSR count). The number of fused-ring (bicyclic) bond motifs is 1. The Hall–Kier alpha value is -3.04. The topological polar surface area (TPSA) is 97.2 Å².